The number of aryl methyl sites for hydroxylation is 1. The average Bonchev–Trinajstić information content (AvgIpc) is 2.52. The Kier molecular flexibility index (Phi) is 6.13. The van der Waals surface area contributed by atoms with Crippen molar-refractivity contribution in [2.24, 2.45) is 0 Å². The summed E-state index contributed by atoms with van der Waals surface area (Å²) in [5, 5.41) is 1.52. The maximum atomic E-state index is 12.9. The SMILES string of the molecule is C=C(/C=C(\C)CCC)OS(=O)(=O)c1cccc2c(N(C)C)cc(C)cc12. The first-order valence-electron chi connectivity index (χ1n) is 8.67. The lowest BCUT2D eigenvalue weighted by Crippen LogP contribution is -2.11. The van der Waals surface area contributed by atoms with E-state index < -0.39 is 10.1 Å². The van der Waals surface area contributed by atoms with Gasteiger partial charge in [0.25, 0.3) is 0 Å². The molecule has 0 radical (unpaired) electrons. The molecule has 5 heteroatoms. The molecule has 0 spiro atoms. The molecular formula is C21H27NO3S. The minimum absolute atomic E-state index is 0.133. The molecule has 0 aliphatic heterocycles. The van der Waals surface area contributed by atoms with E-state index in [1.54, 1.807) is 18.2 Å². The number of fused-ring (bicyclic) bond motifs is 1. The van der Waals surface area contributed by atoms with Gasteiger partial charge in [0.15, 0.2) is 0 Å². The van der Waals surface area contributed by atoms with E-state index in [0.717, 1.165) is 35.1 Å². The maximum Gasteiger partial charge on any atom is 0.339 e. The van der Waals surface area contributed by atoms with Crippen LogP contribution in [0.5, 0.6) is 0 Å². The van der Waals surface area contributed by atoms with Gasteiger partial charge in [-0.2, -0.15) is 8.42 Å². The first-order valence-corrected chi connectivity index (χ1v) is 10.1. The molecule has 0 aliphatic carbocycles. The summed E-state index contributed by atoms with van der Waals surface area (Å²) in [4.78, 5) is 2.13. The number of rotatable bonds is 7. The Balaban J connectivity index is 2.52. The quantitative estimate of drug-likeness (QED) is 0.381. The molecule has 0 amide bonds. The van der Waals surface area contributed by atoms with E-state index in [4.69, 9.17) is 4.18 Å². The van der Waals surface area contributed by atoms with Crippen molar-refractivity contribution in [2.75, 3.05) is 19.0 Å². The van der Waals surface area contributed by atoms with Crippen molar-refractivity contribution in [2.45, 2.75) is 38.5 Å². The van der Waals surface area contributed by atoms with Gasteiger partial charge in [-0.25, -0.2) is 0 Å². The minimum Gasteiger partial charge on any atom is -0.380 e. The lowest BCUT2D eigenvalue weighted by Gasteiger charge is -2.18. The summed E-state index contributed by atoms with van der Waals surface area (Å²) < 4.78 is 31.0. The normalized spacial score (nSPS) is 12.3. The third-order valence-electron chi connectivity index (χ3n) is 4.10. The van der Waals surface area contributed by atoms with Crippen LogP contribution in [-0.4, -0.2) is 22.5 Å². The molecule has 0 atom stereocenters. The standard InChI is InChI=1S/C21H27NO3S/c1-7-9-15(2)12-17(4)25-26(23,24)21-11-8-10-18-19(21)13-16(3)14-20(18)22(5)6/h8,10-14H,4,7,9H2,1-3,5-6H3/b15-12+. The Labute approximate surface area is 156 Å². The van der Waals surface area contributed by atoms with Crippen LogP contribution in [0.2, 0.25) is 0 Å². The summed E-state index contributed by atoms with van der Waals surface area (Å²) in [5.41, 5.74) is 2.99. The lowest BCUT2D eigenvalue weighted by molar-refractivity contribution is 0.421. The van der Waals surface area contributed by atoms with Gasteiger partial charge < -0.3 is 9.08 Å². The molecule has 2 aromatic rings. The van der Waals surface area contributed by atoms with Gasteiger partial charge >= 0.3 is 10.1 Å². The van der Waals surface area contributed by atoms with Crippen molar-refractivity contribution >= 4 is 26.6 Å². The fraction of sp³-hybridized carbons (Fsp3) is 0.333. The van der Waals surface area contributed by atoms with Crippen molar-refractivity contribution in [3.8, 4) is 0 Å². The number of hydrogen-bond acceptors (Lipinski definition) is 4. The van der Waals surface area contributed by atoms with Crippen LogP contribution in [-0.2, 0) is 14.3 Å². The number of hydrogen-bond donors (Lipinski definition) is 0. The molecule has 0 heterocycles. The topological polar surface area (TPSA) is 46.6 Å². The van der Waals surface area contributed by atoms with Crippen molar-refractivity contribution in [3.05, 3.63) is 59.9 Å². The molecule has 2 rings (SSSR count). The van der Waals surface area contributed by atoms with Crippen LogP contribution >= 0.6 is 0 Å². The summed E-state index contributed by atoms with van der Waals surface area (Å²) in [5.74, 6) is 0.133. The van der Waals surface area contributed by atoms with Crippen LogP contribution in [0.1, 0.15) is 32.3 Å². The first-order chi connectivity index (χ1) is 12.2. The van der Waals surface area contributed by atoms with E-state index in [0.29, 0.717) is 5.39 Å². The summed E-state index contributed by atoms with van der Waals surface area (Å²) >= 11 is 0. The molecule has 0 saturated heterocycles. The Morgan fingerprint density at radius 1 is 1.23 bits per heavy atom. The van der Waals surface area contributed by atoms with E-state index in [9.17, 15) is 8.42 Å². The maximum absolute atomic E-state index is 12.9. The Bertz CT molecular complexity index is 957. The van der Waals surface area contributed by atoms with Crippen molar-refractivity contribution in [1.29, 1.82) is 0 Å². The van der Waals surface area contributed by atoms with E-state index >= 15 is 0 Å². The van der Waals surface area contributed by atoms with E-state index in [1.807, 2.05) is 51.0 Å². The van der Waals surface area contributed by atoms with Crippen LogP contribution in [0.15, 0.2) is 59.2 Å². The summed E-state index contributed by atoms with van der Waals surface area (Å²) in [6, 6.07) is 9.15. The van der Waals surface area contributed by atoms with Crippen molar-refractivity contribution < 1.29 is 12.6 Å². The van der Waals surface area contributed by atoms with Crippen LogP contribution in [0.25, 0.3) is 10.8 Å². The fourth-order valence-electron chi connectivity index (χ4n) is 3.02. The highest BCUT2D eigenvalue weighted by Crippen LogP contribution is 2.33. The predicted octanol–water partition coefficient (Wildman–Crippen LogP) is 5.18. The molecule has 0 fully saturated rings. The second kappa shape index (κ2) is 7.96. The van der Waals surface area contributed by atoms with E-state index in [1.165, 1.54) is 0 Å². The van der Waals surface area contributed by atoms with Gasteiger partial charge in [-0.05, 0) is 50.1 Å². The molecule has 4 nitrogen and oxygen atoms in total. The molecule has 26 heavy (non-hydrogen) atoms. The summed E-state index contributed by atoms with van der Waals surface area (Å²) in [6.07, 6.45) is 3.54. The summed E-state index contributed by atoms with van der Waals surface area (Å²) in [7, 11) is -0.0895. The van der Waals surface area contributed by atoms with Gasteiger partial charge in [0.2, 0.25) is 0 Å². The molecule has 0 unspecified atom stereocenters. The zero-order valence-corrected chi connectivity index (χ0v) is 17.0. The highest BCUT2D eigenvalue weighted by atomic mass is 32.2. The Morgan fingerprint density at radius 2 is 1.92 bits per heavy atom. The Hall–Kier alpha value is -2.27. The van der Waals surface area contributed by atoms with Crippen LogP contribution < -0.4 is 4.90 Å². The van der Waals surface area contributed by atoms with Crippen molar-refractivity contribution in [3.63, 3.8) is 0 Å². The number of anilines is 1. The van der Waals surface area contributed by atoms with Crippen molar-refractivity contribution in [1.82, 2.24) is 0 Å². The van der Waals surface area contributed by atoms with Crippen LogP contribution in [0.3, 0.4) is 0 Å². The lowest BCUT2D eigenvalue weighted by atomic mass is 10.0. The fourth-order valence-corrected chi connectivity index (χ4v) is 4.12. The minimum atomic E-state index is -3.97. The van der Waals surface area contributed by atoms with Gasteiger partial charge in [0.05, 0.1) is 0 Å². The molecule has 140 valence electrons. The van der Waals surface area contributed by atoms with Gasteiger partial charge in [-0.3, -0.25) is 0 Å². The largest absolute Gasteiger partial charge is 0.380 e. The molecule has 0 saturated carbocycles. The number of benzene rings is 2. The zero-order chi connectivity index (χ0) is 19.5. The van der Waals surface area contributed by atoms with E-state index in [-0.39, 0.29) is 10.7 Å². The second-order valence-corrected chi connectivity index (χ2v) is 8.29. The summed E-state index contributed by atoms with van der Waals surface area (Å²) in [6.45, 7) is 9.70. The van der Waals surface area contributed by atoms with Crippen LogP contribution in [0, 0.1) is 6.92 Å². The second-order valence-electron chi connectivity index (χ2n) is 6.77. The van der Waals surface area contributed by atoms with Gasteiger partial charge in [-0.1, -0.05) is 37.6 Å². The smallest absolute Gasteiger partial charge is 0.339 e. The van der Waals surface area contributed by atoms with E-state index in [2.05, 4.69) is 13.5 Å². The highest BCUT2D eigenvalue weighted by Gasteiger charge is 2.21. The Morgan fingerprint density at radius 3 is 2.54 bits per heavy atom. The van der Waals surface area contributed by atoms with Gasteiger partial charge in [0.1, 0.15) is 10.7 Å². The zero-order valence-electron chi connectivity index (χ0n) is 16.2. The molecule has 0 bridgehead atoms. The number of allylic oxidation sites excluding steroid dienone is 2. The first kappa shape index (κ1) is 20.0. The molecule has 0 aliphatic rings. The third kappa shape index (κ3) is 4.47. The van der Waals surface area contributed by atoms with Gasteiger partial charge in [-0.15, -0.1) is 0 Å². The molecular weight excluding hydrogens is 346 g/mol. The third-order valence-corrected chi connectivity index (χ3v) is 5.43. The van der Waals surface area contributed by atoms with Crippen LogP contribution in [0.4, 0.5) is 5.69 Å². The molecule has 0 N–H and O–H groups in total. The molecule has 2 aromatic carbocycles. The monoisotopic (exact) mass is 373 g/mol. The van der Waals surface area contributed by atoms with Gasteiger partial charge in [0, 0.05) is 30.6 Å². The predicted molar refractivity (Wildman–Crippen MR) is 109 cm³/mol. The number of nitrogens with zero attached hydrogens (tertiary/aromatic N) is 1. The average molecular weight is 374 g/mol. The molecule has 0 aromatic heterocycles. The highest BCUT2D eigenvalue weighted by molar-refractivity contribution is 7.87.